The van der Waals surface area contributed by atoms with E-state index in [0.29, 0.717) is 17.2 Å². The van der Waals surface area contributed by atoms with Gasteiger partial charge in [0.15, 0.2) is 5.13 Å². The van der Waals surface area contributed by atoms with E-state index in [1.807, 2.05) is 0 Å². The fraction of sp³-hybridized carbons (Fsp3) is 0.182. The Labute approximate surface area is 105 Å². The number of nitrogens with zero attached hydrogens (tertiary/aromatic N) is 1. The second-order valence-corrected chi connectivity index (χ2v) is 4.42. The smallest absolute Gasteiger partial charge is 0.416 e. The minimum absolute atomic E-state index is 0.0741. The van der Waals surface area contributed by atoms with E-state index in [2.05, 4.69) is 10.3 Å². The van der Waals surface area contributed by atoms with Crippen molar-refractivity contribution in [2.24, 2.45) is 0 Å². The van der Waals surface area contributed by atoms with Crippen LogP contribution in [0.2, 0.25) is 0 Å². The summed E-state index contributed by atoms with van der Waals surface area (Å²) in [5, 5.41) is 13.9. The van der Waals surface area contributed by atoms with Crippen molar-refractivity contribution in [3.63, 3.8) is 0 Å². The Hall–Kier alpha value is -1.76. The SMILES string of the molecule is Oc1csc(NCc2ccc(C(F)(F)F)cc2)n1. The molecular formula is C11H9F3N2OS. The highest BCUT2D eigenvalue weighted by Gasteiger charge is 2.29. The normalized spacial score (nSPS) is 11.5. The van der Waals surface area contributed by atoms with Gasteiger partial charge in [0, 0.05) is 6.54 Å². The van der Waals surface area contributed by atoms with E-state index in [9.17, 15) is 13.2 Å². The van der Waals surface area contributed by atoms with Crippen LogP contribution < -0.4 is 5.32 Å². The van der Waals surface area contributed by atoms with Gasteiger partial charge in [0.2, 0.25) is 5.88 Å². The molecule has 0 aliphatic heterocycles. The second kappa shape index (κ2) is 4.85. The first-order valence-electron chi connectivity index (χ1n) is 4.99. The van der Waals surface area contributed by atoms with Gasteiger partial charge in [0.1, 0.15) is 0 Å². The summed E-state index contributed by atoms with van der Waals surface area (Å²) in [6.07, 6.45) is -4.31. The molecule has 0 unspecified atom stereocenters. The lowest BCUT2D eigenvalue weighted by Crippen LogP contribution is -2.05. The Morgan fingerprint density at radius 3 is 2.39 bits per heavy atom. The van der Waals surface area contributed by atoms with Crippen molar-refractivity contribution in [2.75, 3.05) is 5.32 Å². The lowest BCUT2D eigenvalue weighted by molar-refractivity contribution is -0.137. The third-order valence-electron chi connectivity index (χ3n) is 2.22. The van der Waals surface area contributed by atoms with Crippen molar-refractivity contribution in [1.29, 1.82) is 0 Å². The van der Waals surface area contributed by atoms with E-state index >= 15 is 0 Å². The Morgan fingerprint density at radius 1 is 1.22 bits per heavy atom. The first-order valence-corrected chi connectivity index (χ1v) is 5.87. The van der Waals surface area contributed by atoms with Gasteiger partial charge in [-0.25, -0.2) is 0 Å². The predicted molar refractivity (Wildman–Crippen MR) is 62.5 cm³/mol. The number of rotatable bonds is 3. The molecule has 0 fully saturated rings. The number of thiazole rings is 1. The first kappa shape index (κ1) is 12.7. The number of benzene rings is 1. The highest BCUT2D eigenvalue weighted by atomic mass is 32.1. The zero-order valence-electron chi connectivity index (χ0n) is 9.03. The number of anilines is 1. The number of hydrogen-bond donors (Lipinski definition) is 2. The fourth-order valence-corrected chi connectivity index (χ4v) is 1.91. The fourth-order valence-electron chi connectivity index (χ4n) is 1.34. The van der Waals surface area contributed by atoms with Crippen molar-refractivity contribution in [3.05, 3.63) is 40.8 Å². The molecule has 7 heteroatoms. The van der Waals surface area contributed by atoms with E-state index in [4.69, 9.17) is 5.11 Å². The number of halogens is 3. The van der Waals surface area contributed by atoms with E-state index in [0.717, 1.165) is 12.1 Å². The van der Waals surface area contributed by atoms with Gasteiger partial charge in [-0.3, -0.25) is 0 Å². The standard InChI is InChI=1S/C11H9F3N2OS/c12-11(13,14)8-3-1-7(2-4-8)5-15-10-16-9(17)6-18-10/h1-4,6,17H,5H2,(H,15,16). The summed E-state index contributed by atoms with van der Waals surface area (Å²) in [5.41, 5.74) is 0.0378. The van der Waals surface area contributed by atoms with Crippen molar-refractivity contribution < 1.29 is 18.3 Å². The van der Waals surface area contributed by atoms with Crippen molar-refractivity contribution >= 4 is 16.5 Å². The van der Waals surface area contributed by atoms with Crippen LogP contribution in [0.4, 0.5) is 18.3 Å². The van der Waals surface area contributed by atoms with Gasteiger partial charge in [-0.2, -0.15) is 18.2 Å². The second-order valence-electron chi connectivity index (χ2n) is 3.56. The van der Waals surface area contributed by atoms with Crippen LogP contribution in [0.15, 0.2) is 29.6 Å². The summed E-state index contributed by atoms with van der Waals surface area (Å²) in [6, 6.07) is 4.89. The molecule has 0 atom stereocenters. The Balaban J connectivity index is 1.98. The van der Waals surface area contributed by atoms with Gasteiger partial charge in [-0.15, -0.1) is 11.3 Å². The summed E-state index contributed by atoms with van der Waals surface area (Å²) >= 11 is 1.22. The minimum Gasteiger partial charge on any atom is -0.493 e. The molecule has 0 radical (unpaired) electrons. The molecular weight excluding hydrogens is 265 g/mol. The van der Waals surface area contributed by atoms with Crippen molar-refractivity contribution in [3.8, 4) is 5.88 Å². The molecule has 2 N–H and O–H groups in total. The maximum absolute atomic E-state index is 12.3. The van der Waals surface area contributed by atoms with Gasteiger partial charge in [-0.05, 0) is 17.7 Å². The monoisotopic (exact) mass is 274 g/mol. The lowest BCUT2D eigenvalue weighted by Gasteiger charge is -2.07. The Kier molecular flexibility index (Phi) is 3.42. The van der Waals surface area contributed by atoms with Crippen molar-refractivity contribution in [2.45, 2.75) is 12.7 Å². The average molecular weight is 274 g/mol. The summed E-state index contributed by atoms with van der Waals surface area (Å²) in [6.45, 7) is 0.352. The van der Waals surface area contributed by atoms with E-state index in [1.165, 1.54) is 28.8 Å². The van der Waals surface area contributed by atoms with Crippen LogP contribution in [-0.2, 0) is 12.7 Å². The van der Waals surface area contributed by atoms with E-state index in [1.54, 1.807) is 0 Å². The summed E-state index contributed by atoms with van der Waals surface area (Å²) in [5.74, 6) is -0.0741. The molecule has 0 aliphatic rings. The first-order chi connectivity index (χ1) is 8.45. The third-order valence-corrected chi connectivity index (χ3v) is 3.00. The van der Waals surface area contributed by atoms with Crippen molar-refractivity contribution in [1.82, 2.24) is 4.98 Å². The molecule has 0 aliphatic carbocycles. The van der Waals surface area contributed by atoms with Crippen LogP contribution in [0, 0.1) is 0 Å². The van der Waals surface area contributed by atoms with Gasteiger partial charge >= 0.3 is 6.18 Å². The maximum atomic E-state index is 12.3. The van der Waals surface area contributed by atoms with Gasteiger partial charge < -0.3 is 10.4 Å². The number of hydrogen-bond acceptors (Lipinski definition) is 4. The van der Waals surface area contributed by atoms with Crippen LogP contribution in [0.25, 0.3) is 0 Å². The Bertz CT molecular complexity index is 522. The largest absolute Gasteiger partial charge is 0.493 e. The molecule has 1 heterocycles. The van der Waals surface area contributed by atoms with Crippen LogP contribution >= 0.6 is 11.3 Å². The molecule has 2 rings (SSSR count). The van der Waals surface area contributed by atoms with Crippen LogP contribution in [0.1, 0.15) is 11.1 Å². The van der Waals surface area contributed by atoms with Crippen LogP contribution in [-0.4, -0.2) is 10.1 Å². The molecule has 0 bridgehead atoms. The highest BCUT2D eigenvalue weighted by molar-refractivity contribution is 7.13. The molecule has 18 heavy (non-hydrogen) atoms. The van der Waals surface area contributed by atoms with Gasteiger partial charge in [0.25, 0.3) is 0 Å². The molecule has 96 valence electrons. The molecule has 1 aromatic heterocycles. The number of aromatic nitrogens is 1. The predicted octanol–water partition coefficient (Wildman–Crippen LogP) is 3.48. The zero-order chi connectivity index (χ0) is 13.2. The Morgan fingerprint density at radius 2 is 1.89 bits per heavy atom. The molecule has 2 aromatic rings. The summed E-state index contributed by atoms with van der Waals surface area (Å²) in [7, 11) is 0. The zero-order valence-corrected chi connectivity index (χ0v) is 9.85. The number of nitrogens with one attached hydrogen (secondary N) is 1. The topological polar surface area (TPSA) is 45.1 Å². The molecule has 1 aromatic carbocycles. The molecule has 0 spiro atoms. The quantitative estimate of drug-likeness (QED) is 0.900. The third kappa shape index (κ3) is 3.13. The highest BCUT2D eigenvalue weighted by Crippen LogP contribution is 2.29. The van der Waals surface area contributed by atoms with Gasteiger partial charge in [0.05, 0.1) is 10.9 Å². The van der Waals surface area contributed by atoms with Crippen LogP contribution in [0.5, 0.6) is 5.88 Å². The number of aromatic hydroxyl groups is 1. The van der Waals surface area contributed by atoms with E-state index in [-0.39, 0.29) is 5.88 Å². The van der Waals surface area contributed by atoms with Gasteiger partial charge in [-0.1, -0.05) is 12.1 Å². The minimum atomic E-state index is -4.31. The average Bonchev–Trinajstić information content (AvgIpc) is 2.72. The summed E-state index contributed by atoms with van der Waals surface area (Å²) in [4.78, 5) is 3.77. The van der Waals surface area contributed by atoms with E-state index < -0.39 is 11.7 Å². The number of alkyl halides is 3. The summed E-state index contributed by atoms with van der Waals surface area (Å²) < 4.78 is 37.0. The molecule has 3 nitrogen and oxygen atoms in total. The molecule has 0 amide bonds. The van der Waals surface area contributed by atoms with Crippen LogP contribution in [0.3, 0.4) is 0 Å². The molecule has 0 saturated carbocycles. The lowest BCUT2D eigenvalue weighted by atomic mass is 10.1. The molecule has 0 saturated heterocycles. The maximum Gasteiger partial charge on any atom is 0.416 e.